The van der Waals surface area contributed by atoms with Gasteiger partial charge in [0.2, 0.25) is 0 Å². The van der Waals surface area contributed by atoms with E-state index in [4.69, 9.17) is 9.47 Å². The first-order valence-corrected chi connectivity index (χ1v) is 7.36. The summed E-state index contributed by atoms with van der Waals surface area (Å²) in [7, 11) is 4.86. The molecule has 0 atom stereocenters. The highest BCUT2D eigenvalue weighted by Gasteiger charge is 2.17. The van der Waals surface area contributed by atoms with Crippen LogP contribution in [0.15, 0.2) is 42.5 Å². The van der Waals surface area contributed by atoms with Crippen molar-refractivity contribution >= 4 is 16.9 Å². The van der Waals surface area contributed by atoms with Gasteiger partial charge in [0.25, 0.3) is 0 Å². The summed E-state index contributed by atoms with van der Waals surface area (Å²) >= 11 is 0. The van der Waals surface area contributed by atoms with E-state index in [-0.39, 0.29) is 5.97 Å². The van der Waals surface area contributed by atoms with Crippen LogP contribution in [0.5, 0.6) is 5.75 Å². The summed E-state index contributed by atoms with van der Waals surface area (Å²) in [4.78, 5) is 11.6. The summed E-state index contributed by atoms with van der Waals surface area (Å²) in [5.74, 6) is 0.320. The van der Waals surface area contributed by atoms with Gasteiger partial charge in [0.05, 0.1) is 31.0 Å². The first-order chi connectivity index (χ1) is 11.6. The highest BCUT2D eigenvalue weighted by molar-refractivity contribution is 5.96. The number of nitriles is 1. The number of benzene rings is 2. The van der Waals surface area contributed by atoms with Gasteiger partial charge in [-0.25, -0.2) is 4.79 Å². The number of carbonyl (C=O) groups excluding carboxylic acids is 1. The maximum Gasteiger partial charge on any atom is 0.337 e. The molecule has 0 spiro atoms. The number of carbonyl (C=O) groups is 1. The quantitative estimate of drug-likeness (QED) is 0.693. The van der Waals surface area contributed by atoms with E-state index < -0.39 is 0 Å². The minimum Gasteiger partial charge on any atom is -0.497 e. The number of ether oxygens (including phenoxy) is 2. The maximum absolute atomic E-state index is 11.6. The van der Waals surface area contributed by atoms with Crippen LogP contribution in [0.25, 0.3) is 22.2 Å². The number of hydrogen-bond acceptors (Lipinski definition) is 4. The van der Waals surface area contributed by atoms with Gasteiger partial charge in [-0.15, -0.1) is 0 Å². The number of aromatic nitrogens is 1. The molecule has 0 aliphatic heterocycles. The molecule has 3 aromatic rings. The second-order valence-corrected chi connectivity index (χ2v) is 5.35. The molecule has 120 valence electrons. The average molecular weight is 320 g/mol. The van der Waals surface area contributed by atoms with Crippen molar-refractivity contribution in [3.05, 3.63) is 53.6 Å². The molecule has 0 radical (unpaired) electrons. The second-order valence-electron chi connectivity index (χ2n) is 5.35. The van der Waals surface area contributed by atoms with E-state index >= 15 is 0 Å². The highest BCUT2D eigenvalue weighted by atomic mass is 16.5. The van der Waals surface area contributed by atoms with Crippen LogP contribution in [0.2, 0.25) is 0 Å². The zero-order valence-corrected chi connectivity index (χ0v) is 13.7. The lowest BCUT2D eigenvalue weighted by Crippen LogP contribution is -2.01. The Hall–Kier alpha value is -3.26. The van der Waals surface area contributed by atoms with Gasteiger partial charge in [-0.05, 0) is 35.9 Å². The zero-order valence-electron chi connectivity index (χ0n) is 13.7. The molecule has 0 saturated heterocycles. The van der Waals surface area contributed by atoms with Gasteiger partial charge in [-0.2, -0.15) is 5.26 Å². The molecule has 2 aromatic carbocycles. The molecular weight excluding hydrogens is 304 g/mol. The Labute approximate surface area is 139 Å². The van der Waals surface area contributed by atoms with Gasteiger partial charge >= 0.3 is 5.97 Å². The molecule has 0 aliphatic rings. The van der Waals surface area contributed by atoms with Crippen molar-refractivity contribution in [2.75, 3.05) is 14.2 Å². The Morgan fingerprint density at radius 3 is 2.42 bits per heavy atom. The fourth-order valence-corrected chi connectivity index (χ4v) is 2.88. The monoisotopic (exact) mass is 320 g/mol. The van der Waals surface area contributed by atoms with E-state index in [1.54, 1.807) is 19.2 Å². The van der Waals surface area contributed by atoms with Gasteiger partial charge in [0, 0.05) is 18.0 Å². The molecule has 1 heterocycles. The van der Waals surface area contributed by atoms with E-state index in [1.807, 2.05) is 41.9 Å². The third kappa shape index (κ3) is 2.38. The van der Waals surface area contributed by atoms with Crippen LogP contribution >= 0.6 is 0 Å². The van der Waals surface area contributed by atoms with Crippen LogP contribution < -0.4 is 4.74 Å². The summed E-state index contributed by atoms with van der Waals surface area (Å²) < 4.78 is 11.9. The van der Waals surface area contributed by atoms with Crippen molar-refractivity contribution in [2.24, 2.45) is 7.05 Å². The number of hydrogen-bond donors (Lipinski definition) is 0. The predicted molar refractivity (Wildman–Crippen MR) is 91.0 cm³/mol. The molecule has 1 aromatic heterocycles. The minimum absolute atomic E-state index is 0.385. The Morgan fingerprint density at radius 1 is 1.12 bits per heavy atom. The van der Waals surface area contributed by atoms with E-state index in [0.717, 1.165) is 22.2 Å². The number of aryl methyl sites for hydroxylation is 1. The van der Waals surface area contributed by atoms with Crippen LogP contribution in [0.3, 0.4) is 0 Å². The molecule has 0 N–H and O–H groups in total. The second kappa shape index (κ2) is 6.09. The predicted octanol–water partition coefficient (Wildman–Crippen LogP) is 3.51. The average Bonchev–Trinajstić information content (AvgIpc) is 2.92. The Bertz CT molecular complexity index is 963. The molecule has 3 rings (SSSR count). The largest absolute Gasteiger partial charge is 0.497 e. The van der Waals surface area contributed by atoms with Crippen molar-refractivity contribution in [1.82, 2.24) is 4.57 Å². The van der Waals surface area contributed by atoms with Crippen molar-refractivity contribution in [2.45, 2.75) is 0 Å². The smallest absolute Gasteiger partial charge is 0.337 e. The Morgan fingerprint density at radius 2 is 1.83 bits per heavy atom. The molecule has 5 nitrogen and oxygen atoms in total. The lowest BCUT2D eigenvalue weighted by Gasteiger charge is -2.06. The molecule has 0 fully saturated rings. The number of fused-ring (bicyclic) bond motifs is 1. The SMILES string of the molecule is COC(=O)c1ccc(-c2c(C#N)c3cc(OC)ccc3n2C)cc1. The van der Waals surface area contributed by atoms with Crippen LogP contribution in [0.4, 0.5) is 0 Å². The number of rotatable bonds is 3. The highest BCUT2D eigenvalue weighted by Crippen LogP contribution is 2.34. The number of methoxy groups -OCH3 is 2. The van der Waals surface area contributed by atoms with E-state index in [0.29, 0.717) is 16.9 Å². The summed E-state index contributed by atoms with van der Waals surface area (Å²) in [6, 6.07) is 15.0. The van der Waals surface area contributed by atoms with E-state index in [2.05, 4.69) is 6.07 Å². The number of esters is 1. The van der Waals surface area contributed by atoms with Gasteiger partial charge in [0.15, 0.2) is 0 Å². The summed E-state index contributed by atoms with van der Waals surface area (Å²) in [6.45, 7) is 0. The van der Waals surface area contributed by atoms with Crippen LogP contribution in [0, 0.1) is 11.3 Å². The number of nitrogens with zero attached hydrogens (tertiary/aromatic N) is 2. The third-order valence-corrected chi connectivity index (χ3v) is 4.10. The van der Waals surface area contributed by atoms with Crippen molar-refractivity contribution in [3.63, 3.8) is 0 Å². The summed E-state index contributed by atoms with van der Waals surface area (Å²) in [5.41, 5.74) is 3.66. The van der Waals surface area contributed by atoms with Crippen LogP contribution in [-0.2, 0) is 11.8 Å². The van der Waals surface area contributed by atoms with Crippen LogP contribution in [-0.4, -0.2) is 24.8 Å². The summed E-state index contributed by atoms with van der Waals surface area (Å²) in [6.07, 6.45) is 0. The fourth-order valence-electron chi connectivity index (χ4n) is 2.88. The van der Waals surface area contributed by atoms with Crippen molar-refractivity contribution in [3.8, 4) is 23.1 Å². The summed E-state index contributed by atoms with van der Waals surface area (Å²) in [5, 5.41) is 10.5. The first-order valence-electron chi connectivity index (χ1n) is 7.36. The molecule has 0 unspecified atom stereocenters. The molecule has 24 heavy (non-hydrogen) atoms. The van der Waals surface area contributed by atoms with Gasteiger partial charge in [-0.1, -0.05) is 12.1 Å². The van der Waals surface area contributed by atoms with Gasteiger partial charge < -0.3 is 14.0 Å². The first kappa shape index (κ1) is 15.6. The standard InChI is InChI=1S/C19H16N2O3/c1-21-17-9-8-14(23-2)10-15(17)16(11-20)18(21)12-4-6-13(7-5-12)19(22)24-3/h4-10H,1-3H3. The van der Waals surface area contributed by atoms with Gasteiger partial charge in [-0.3, -0.25) is 0 Å². The van der Waals surface area contributed by atoms with Crippen LogP contribution in [0.1, 0.15) is 15.9 Å². The third-order valence-electron chi connectivity index (χ3n) is 4.10. The van der Waals surface area contributed by atoms with Gasteiger partial charge in [0.1, 0.15) is 11.8 Å². The lowest BCUT2D eigenvalue weighted by molar-refractivity contribution is 0.0601. The molecule has 5 heteroatoms. The van der Waals surface area contributed by atoms with Crippen molar-refractivity contribution in [1.29, 1.82) is 5.26 Å². The molecule has 0 saturated carbocycles. The fraction of sp³-hybridized carbons (Fsp3) is 0.158. The molecule has 0 bridgehead atoms. The minimum atomic E-state index is -0.385. The van der Waals surface area contributed by atoms with E-state index in [1.165, 1.54) is 7.11 Å². The molecule has 0 amide bonds. The Balaban J connectivity index is 2.21. The normalized spacial score (nSPS) is 10.4. The Kier molecular flexibility index (Phi) is 3.97. The lowest BCUT2D eigenvalue weighted by atomic mass is 10.0. The topological polar surface area (TPSA) is 64.2 Å². The molecular formula is C19H16N2O3. The van der Waals surface area contributed by atoms with Crippen molar-refractivity contribution < 1.29 is 14.3 Å². The van der Waals surface area contributed by atoms with E-state index in [9.17, 15) is 10.1 Å². The molecule has 0 aliphatic carbocycles. The zero-order chi connectivity index (χ0) is 17.3. The maximum atomic E-state index is 11.6.